The van der Waals surface area contributed by atoms with E-state index < -0.39 is 11.0 Å². The molecule has 0 bridgehead atoms. The molecule has 9 heteroatoms. The zero-order valence-electron chi connectivity index (χ0n) is 24.5. The summed E-state index contributed by atoms with van der Waals surface area (Å²) in [7, 11) is 6.04. The molecule has 0 saturated carbocycles. The van der Waals surface area contributed by atoms with Crippen molar-refractivity contribution in [2.24, 2.45) is 0 Å². The van der Waals surface area contributed by atoms with Gasteiger partial charge < -0.3 is 24.2 Å². The lowest BCUT2D eigenvalue weighted by molar-refractivity contribution is -0.135. The Kier molecular flexibility index (Phi) is 13.2. The van der Waals surface area contributed by atoms with Crippen LogP contribution in [0.25, 0.3) is 0 Å². The van der Waals surface area contributed by atoms with Gasteiger partial charge in [-0.05, 0) is 61.9 Å². The summed E-state index contributed by atoms with van der Waals surface area (Å²) < 4.78 is 25.7. The van der Waals surface area contributed by atoms with Crippen molar-refractivity contribution in [3.05, 3.63) is 53.1 Å². The summed E-state index contributed by atoms with van der Waals surface area (Å²) >= 11 is 0. The number of hydrogen-bond donors (Lipinski definition) is 0. The standard InChI is InChI=1S/C27H40N4O4S.C2H6/c1-21-17-25(34-6)18-22(2)27(21)36(33)30(5)15-16-35-20-26(32)29(4)19-23-7-9-24(10-8-23)31-13-11-28(3)12-14-31;1-2/h7-10,17-18H,11-16,19-20H2,1-6H3;1-2H3. The smallest absolute Gasteiger partial charge is 0.248 e. The normalized spacial score (nSPS) is 14.6. The van der Waals surface area contributed by atoms with E-state index in [1.165, 1.54) is 5.69 Å². The topological polar surface area (TPSA) is 65.6 Å². The van der Waals surface area contributed by atoms with Crippen molar-refractivity contribution in [2.75, 3.05) is 79.1 Å². The van der Waals surface area contributed by atoms with Gasteiger partial charge in [-0.2, -0.15) is 0 Å². The van der Waals surface area contributed by atoms with Crippen molar-refractivity contribution in [3.63, 3.8) is 0 Å². The second-order valence-electron chi connectivity index (χ2n) is 9.45. The van der Waals surface area contributed by atoms with Crippen molar-refractivity contribution in [3.8, 4) is 5.75 Å². The van der Waals surface area contributed by atoms with Gasteiger partial charge in [0.15, 0.2) is 0 Å². The van der Waals surface area contributed by atoms with Crippen LogP contribution in [0.2, 0.25) is 0 Å². The molecular weight excluding hydrogens is 500 g/mol. The zero-order chi connectivity index (χ0) is 28.2. The van der Waals surface area contributed by atoms with E-state index in [2.05, 4.69) is 41.1 Å². The predicted octanol–water partition coefficient (Wildman–Crippen LogP) is 3.72. The molecule has 212 valence electrons. The molecule has 1 heterocycles. The maximum Gasteiger partial charge on any atom is 0.248 e. The Labute approximate surface area is 232 Å². The monoisotopic (exact) mass is 546 g/mol. The summed E-state index contributed by atoms with van der Waals surface area (Å²) in [6.07, 6.45) is 0. The highest BCUT2D eigenvalue weighted by Crippen LogP contribution is 2.25. The molecular formula is C29H46N4O4S. The average molecular weight is 547 g/mol. The quantitative estimate of drug-likeness (QED) is 0.401. The van der Waals surface area contributed by atoms with Gasteiger partial charge in [0.2, 0.25) is 5.91 Å². The molecule has 1 aliphatic heterocycles. The van der Waals surface area contributed by atoms with Crippen LogP contribution in [0.3, 0.4) is 0 Å². The lowest BCUT2D eigenvalue weighted by Crippen LogP contribution is -2.44. The number of ether oxygens (including phenoxy) is 2. The highest BCUT2D eigenvalue weighted by atomic mass is 32.2. The number of methoxy groups -OCH3 is 1. The molecule has 2 aromatic rings. The maximum absolute atomic E-state index is 13.0. The summed E-state index contributed by atoms with van der Waals surface area (Å²) in [6, 6.07) is 12.2. The molecule has 0 radical (unpaired) electrons. The highest BCUT2D eigenvalue weighted by molar-refractivity contribution is 7.82. The summed E-state index contributed by atoms with van der Waals surface area (Å²) in [5, 5.41) is 0. The predicted molar refractivity (Wildman–Crippen MR) is 156 cm³/mol. The first kappa shape index (κ1) is 31.8. The zero-order valence-corrected chi connectivity index (χ0v) is 25.3. The third-order valence-electron chi connectivity index (χ3n) is 6.55. The number of rotatable bonds is 11. The third kappa shape index (κ3) is 9.08. The van der Waals surface area contributed by atoms with Gasteiger partial charge in [0.05, 0.1) is 18.6 Å². The van der Waals surface area contributed by atoms with Gasteiger partial charge in [0, 0.05) is 59.1 Å². The summed E-state index contributed by atoms with van der Waals surface area (Å²) in [5.74, 6) is 0.675. The largest absolute Gasteiger partial charge is 0.497 e. The van der Waals surface area contributed by atoms with Crippen molar-refractivity contribution in [1.82, 2.24) is 14.1 Å². The van der Waals surface area contributed by atoms with E-state index in [-0.39, 0.29) is 12.5 Å². The summed E-state index contributed by atoms with van der Waals surface area (Å²) in [4.78, 5) is 19.7. The van der Waals surface area contributed by atoms with Crippen LogP contribution < -0.4 is 9.64 Å². The fourth-order valence-corrected chi connectivity index (χ4v) is 5.46. The molecule has 1 saturated heterocycles. The maximum atomic E-state index is 13.0. The van der Waals surface area contributed by atoms with Gasteiger partial charge in [-0.3, -0.25) is 4.79 Å². The minimum Gasteiger partial charge on any atom is -0.497 e. The number of benzene rings is 2. The van der Waals surface area contributed by atoms with Gasteiger partial charge in [-0.15, -0.1) is 0 Å². The lowest BCUT2D eigenvalue weighted by Gasteiger charge is -2.34. The van der Waals surface area contributed by atoms with E-state index in [0.717, 1.165) is 53.5 Å². The molecule has 1 unspecified atom stereocenters. The Balaban J connectivity index is 0.00000247. The Morgan fingerprint density at radius 2 is 1.58 bits per heavy atom. The molecule has 1 aliphatic rings. The third-order valence-corrected chi connectivity index (χ3v) is 8.30. The van der Waals surface area contributed by atoms with E-state index in [1.54, 1.807) is 30.4 Å². The molecule has 38 heavy (non-hydrogen) atoms. The fourth-order valence-electron chi connectivity index (χ4n) is 4.24. The van der Waals surface area contributed by atoms with Crippen molar-refractivity contribution in [2.45, 2.75) is 39.1 Å². The van der Waals surface area contributed by atoms with Gasteiger partial charge >= 0.3 is 0 Å². The number of piperazine rings is 1. The van der Waals surface area contributed by atoms with Crippen LogP contribution in [0.1, 0.15) is 30.5 Å². The molecule has 0 N–H and O–H groups in total. The first-order chi connectivity index (χ1) is 18.2. The van der Waals surface area contributed by atoms with Crippen LogP contribution in [0.4, 0.5) is 5.69 Å². The number of aryl methyl sites for hydroxylation is 2. The second kappa shape index (κ2) is 15.8. The Morgan fingerprint density at radius 3 is 2.13 bits per heavy atom. The molecule has 0 aliphatic carbocycles. The van der Waals surface area contributed by atoms with E-state index in [4.69, 9.17) is 9.47 Å². The van der Waals surface area contributed by atoms with E-state index in [9.17, 15) is 9.00 Å². The Hall–Kier alpha value is -2.46. The molecule has 1 amide bonds. The molecule has 2 aromatic carbocycles. The van der Waals surface area contributed by atoms with Crippen LogP contribution >= 0.6 is 0 Å². The van der Waals surface area contributed by atoms with Crippen molar-refractivity contribution < 1.29 is 18.5 Å². The SMILES string of the molecule is CC.COc1cc(C)c(S(=O)N(C)CCOCC(=O)N(C)Cc2ccc(N3CCN(C)CC3)cc2)c(C)c1. The summed E-state index contributed by atoms with van der Waals surface area (Å²) in [5.41, 5.74) is 4.16. The lowest BCUT2D eigenvalue weighted by atomic mass is 10.1. The number of hydrogen-bond acceptors (Lipinski definition) is 6. The van der Waals surface area contributed by atoms with Crippen molar-refractivity contribution in [1.29, 1.82) is 0 Å². The van der Waals surface area contributed by atoms with Crippen LogP contribution in [-0.2, 0) is 27.1 Å². The van der Waals surface area contributed by atoms with Gasteiger partial charge in [-0.1, -0.05) is 26.0 Å². The molecule has 1 fully saturated rings. The first-order valence-corrected chi connectivity index (χ1v) is 14.4. The van der Waals surface area contributed by atoms with Crippen LogP contribution in [-0.4, -0.2) is 98.4 Å². The minimum absolute atomic E-state index is 0.00303. The molecule has 3 rings (SSSR count). The molecule has 8 nitrogen and oxygen atoms in total. The number of anilines is 1. The fraction of sp³-hybridized carbons (Fsp3) is 0.552. The number of carbonyl (C=O) groups excluding carboxylic acids is 1. The summed E-state index contributed by atoms with van der Waals surface area (Å²) in [6.45, 7) is 13.4. The average Bonchev–Trinajstić information content (AvgIpc) is 2.92. The van der Waals surface area contributed by atoms with Crippen LogP contribution in [0.15, 0.2) is 41.3 Å². The number of carbonyl (C=O) groups is 1. The highest BCUT2D eigenvalue weighted by Gasteiger charge is 2.18. The number of likely N-dealkylation sites (N-methyl/N-ethyl adjacent to an activating group) is 3. The second-order valence-corrected chi connectivity index (χ2v) is 11.0. The van der Waals surface area contributed by atoms with Crippen molar-refractivity contribution >= 4 is 22.6 Å². The van der Waals surface area contributed by atoms with Crippen LogP contribution in [0, 0.1) is 13.8 Å². The van der Waals surface area contributed by atoms with E-state index >= 15 is 0 Å². The van der Waals surface area contributed by atoms with Gasteiger partial charge in [0.25, 0.3) is 0 Å². The van der Waals surface area contributed by atoms with Crippen LogP contribution in [0.5, 0.6) is 5.75 Å². The Bertz CT molecular complexity index is 1020. The molecule has 0 spiro atoms. The first-order valence-electron chi connectivity index (χ1n) is 13.3. The van der Waals surface area contributed by atoms with E-state index in [0.29, 0.717) is 19.7 Å². The van der Waals surface area contributed by atoms with E-state index in [1.807, 2.05) is 39.8 Å². The van der Waals surface area contributed by atoms with Gasteiger partial charge in [0.1, 0.15) is 23.3 Å². The minimum atomic E-state index is -1.32. The Morgan fingerprint density at radius 1 is 1.00 bits per heavy atom. The number of amides is 1. The molecule has 0 aromatic heterocycles. The van der Waals surface area contributed by atoms with Gasteiger partial charge in [-0.25, -0.2) is 8.51 Å². The number of nitrogens with zero attached hydrogens (tertiary/aromatic N) is 4. The molecule has 1 atom stereocenters.